The van der Waals surface area contributed by atoms with Gasteiger partial charge in [0.1, 0.15) is 11.6 Å². The summed E-state index contributed by atoms with van der Waals surface area (Å²) in [5, 5.41) is 2.87. The third kappa shape index (κ3) is 4.06. The molecular formula is C18H14F3N3O. The molecule has 25 heavy (non-hydrogen) atoms. The number of hydrogen-bond donors (Lipinski definition) is 1. The molecule has 0 bridgehead atoms. The van der Waals surface area contributed by atoms with Gasteiger partial charge in [-0.15, -0.1) is 0 Å². The Morgan fingerprint density at radius 1 is 0.920 bits per heavy atom. The van der Waals surface area contributed by atoms with E-state index in [0.717, 1.165) is 6.07 Å². The second-order valence-corrected chi connectivity index (χ2v) is 5.18. The number of alkyl halides is 3. The molecule has 7 heteroatoms. The van der Waals surface area contributed by atoms with E-state index in [1.165, 1.54) is 7.11 Å². The minimum Gasteiger partial charge on any atom is -0.497 e. The number of halogens is 3. The molecule has 0 radical (unpaired) electrons. The molecule has 4 nitrogen and oxygen atoms in total. The number of nitrogens with zero attached hydrogens (tertiary/aromatic N) is 2. The molecule has 0 unspecified atom stereocenters. The van der Waals surface area contributed by atoms with Crippen LogP contribution in [0.25, 0.3) is 11.4 Å². The van der Waals surface area contributed by atoms with Crippen molar-refractivity contribution >= 4 is 11.5 Å². The van der Waals surface area contributed by atoms with E-state index >= 15 is 0 Å². The molecule has 0 aliphatic carbocycles. The maximum absolute atomic E-state index is 13.2. The minimum absolute atomic E-state index is 0.000760. The van der Waals surface area contributed by atoms with Crippen LogP contribution in [-0.2, 0) is 6.18 Å². The number of methoxy groups -OCH3 is 1. The average Bonchev–Trinajstić information content (AvgIpc) is 2.61. The first-order valence-electron chi connectivity index (χ1n) is 7.38. The van der Waals surface area contributed by atoms with Gasteiger partial charge in [-0.05, 0) is 12.1 Å². The topological polar surface area (TPSA) is 47.0 Å². The Bertz CT molecular complexity index is 867. The van der Waals surface area contributed by atoms with Crippen molar-refractivity contribution in [3.63, 3.8) is 0 Å². The summed E-state index contributed by atoms with van der Waals surface area (Å²) < 4.78 is 44.7. The van der Waals surface area contributed by atoms with Crippen molar-refractivity contribution in [2.24, 2.45) is 0 Å². The monoisotopic (exact) mass is 345 g/mol. The number of hydrogen-bond acceptors (Lipinski definition) is 4. The van der Waals surface area contributed by atoms with E-state index in [-0.39, 0.29) is 11.6 Å². The zero-order valence-electron chi connectivity index (χ0n) is 13.2. The second kappa shape index (κ2) is 6.80. The Hall–Kier alpha value is -3.09. The average molecular weight is 345 g/mol. The lowest BCUT2D eigenvalue weighted by Gasteiger charge is -2.12. The molecule has 1 aromatic heterocycles. The molecule has 3 aromatic rings. The lowest BCUT2D eigenvalue weighted by Crippen LogP contribution is -2.11. The van der Waals surface area contributed by atoms with Crippen LogP contribution in [0.1, 0.15) is 5.69 Å². The van der Waals surface area contributed by atoms with Gasteiger partial charge in [-0.3, -0.25) is 0 Å². The van der Waals surface area contributed by atoms with Crippen molar-refractivity contribution in [3.05, 3.63) is 66.4 Å². The maximum Gasteiger partial charge on any atom is 0.433 e. The van der Waals surface area contributed by atoms with E-state index in [9.17, 15) is 13.2 Å². The molecule has 0 fully saturated rings. The molecule has 0 aliphatic heterocycles. The fourth-order valence-corrected chi connectivity index (χ4v) is 2.22. The van der Waals surface area contributed by atoms with Gasteiger partial charge in [0.15, 0.2) is 11.5 Å². The molecule has 1 heterocycles. The van der Waals surface area contributed by atoms with E-state index in [1.807, 2.05) is 0 Å². The van der Waals surface area contributed by atoms with E-state index in [4.69, 9.17) is 4.74 Å². The van der Waals surface area contributed by atoms with Crippen LogP contribution in [0.5, 0.6) is 5.75 Å². The second-order valence-electron chi connectivity index (χ2n) is 5.18. The lowest BCUT2D eigenvalue weighted by molar-refractivity contribution is -0.141. The number of aromatic nitrogens is 2. The van der Waals surface area contributed by atoms with Gasteiger partial charge in [0.05, 0.1) is 7.11 Å². The van der Waals surface area contributed by atoms with Crippen LogP contribution < -0.4 is 10.1 Å². The molecule has 1 N–H and O–H groups in total. The number of nitrogens with one attached hydrogen (secondary N) is 1. The lowest BCUT2D eigenvalue weighted by atomic mass is 10.2. The fraction of sp³-hybridized carbons (Fsp3) is 0.111. The highest BCUT2D eigenvalue weighted by Crippen LogP contribution is 2.31. The SMILES string of the molecule is COc1cccc(Nc2cc(C(F)(F)F)nc(-c3ccccc3)n2)c1. The summed E-state index contributed by atoms with van der Waals surface area (Å²) in [5.74, 6) is 0.633. The highest BCUT2D eigenvalue weighted by Gasteiger charge is 2.33. The summed E-state index contributed by atoms with van der Waals surface area (Å²) in [6.07, 6.45) is -4.57. The molecule has 0 atom stereocenters. The quantitative estimate of drug-likeness (QED) is 0.729. The van der Waals surface area contributed by atoms with Gasteiger partial charge in [-0.2, -0.15) is 13.2 Å². The van der Waals surface area contributed by atoms with Crippen molar-refractivity contribution in [3.8, 4) is 17.1 Å². The van der Waals surface area contributed by atoms with Crippen molar-refractivity contribution in [1.82, 2.24) is 9.97 Å². The highest BCUT2D eigenvalue weighted by molar-refractivity contribution is 5.62. The Balaban J connectivity index is 2.03. The molecule has 0 aliphatic rings. The van der Waals surface area contributed by atoms with Gasteiger partial charge in [-0.1, -0.05) is 36.4 Å². The van der Waals surface area contributed by atoms with Crippen molar-refractivity contribution in [2.45, 2.75) is 6.18 Å². The smallest absolute Gasteiger partial charge is 0.433 e. The van der Waals surface area contributed by atoms with Gasteiger partial charge in [0.2, 0.25) is 0 Å². The Morgan fingerprint density at radius 3 is 2.36 bits per heavy atom. The molecule has 128 valence electrons. The molecule has 2 aromatic carbocycles. The van der Waals surface area contributed by atoms with Crippen molar-refractivity contribution in [2.75, 3.05) is 12.4 Å². The van der Waals surface area contributed by atoms with Crippen LogP contribution in [-0.4, -0.2) is 17.1 Å². The van der Waals surface area contributed by atoms with Crippen LogP contribution in [0.4, 0.5) is 24.7 Å². The summed E-state index contributed by atoms with van der Waals surface area (Å²) in [6, 6.07) is 16.2. The van der Waals surface area contributed by atoms with Gasteiger partial charge in [0, 0.05) is 23.4 Å². The van der Waals surface area contributed by atoms with Crippen molar-refractivity contribution in [1.29, 1.82) is 0 Å². The first kappa shape index (κ1) is 16.8. The van der Waals surface area contributed by atoms with Gasteiger partial charge >= 0.3 is 6.18 Å². The highest BCUT2D eigenvalue weighted by atomic mass is 19.4. The minimum atomic E-state index is -4.57. The molecule has 0 saturated carbocycles. The number of rotatable bonds is 4. The van der Waals surface area contributed by atoms with Crippen LogP contribution in [0, 0.1) is 0 Å². The van der Waals surface area contributed by atoms with E-state index in [2.05, 4.69) is 15.3 Å². The van der Waals surface area contributed by atoms with Gasteiger partial charge in [-0.25, -0.2) is 9.97 Å². The predicted octanol–water partition coefficient (Wildman–Crippen LogP) is 4.91. The fourth-order valence-electron chi connectivity index (χ4n) is 2.22. The normalized spacial score (nSPS) is 11.2. The predicted molar refractivity (Wildman–Crippen MR) is 88.7 cm³/mol. The molecule has 0 amide bonds. The standard InChI is InChI=1S/C18H14F3N3O/c1-25-14-9-5-8-13(10-14)22-16-11-15(18(19,20)21)23-17(24-16)12-6-3-2-4-7-12/h2-11H,1H3,(H,22,23,24). The van der Waals surface area contributed by atoms with E-state index in [0.29, 0.717) is 17.0 Å². The molecule has 0 spiro atoms. The van der Waals surface area contributed by atoms with Gasteiger partial charge in [0.25, 0.3) is 0 Å². The Morgan fingerprint density at radius 2 is 1.68 bits per heavy atom. The molecular weight excluding hydrogens is 331 g/mol. The summed E-state index contributed by atoms with van der Waals surface area (Å²) >= 11 is 0. The van der Waals surface area contributed by atoms with Crippen LogP contribution >= 0.6 is 0 Å². The third-order valence-electron chi connectivity index (χ3n) is 3.39. The number of ether oxygens (including phenoxy) is 1. The summed E-state index contributed by atoms with van der Waals surface area (Å²) in [5.41, 5.74) is 0.0548. The summed E-state index contributed by atoms with van der Waals surface area (Å²) in [4.78, 5) is 7.85. The van der Waals surface area contributed by atoms with Gasteiger partial charge < -0.3 is 10.1 Å². The van der Waals surface area contributed by atoms with E-state index < -0.39 is 11.9 Å². The maximum atomic E-state index is 13.2. The van der Waals surface area contributed by atoms with Crippen molar-refractivity contribution < 1.29 is 17.9 Å². The first-order valence-corrected chi connectivity index (χ1v) is 7.38. The molecule has 3 rings (SSSR count). The number of benzene rings is 2. The van der Waals surface area contributed by atoms with Crippen LogP contribution in [0.15, 0.2) is 60.7 Å². The zero-order valence-corrected chi connectivity index (χ0v) is 13.2. The first-order chi connectivity index (χ1) is 12.0. The largest absolute Gasteiger partial charge is 0.497 e. The van der Waals surface area contributed by atoms with Crippen LogP contribution in [0.2, 0.25) is 0 Å². The Kier molecular flexibility index (Phi) is 4.56. The Labute approximate surface area is 142 Å². The molecule has 0 saturated heterocycles. The van der Waals surface area contributed by atoms with E-state index in [1.54, 1.807) is 54.6 Å². The number of anilines is 2. The summed E-state index contributed by atoms with van der Waals surface area (Å²) in [7, 11) is 1.51. The third-order valence-corrected chi connectivity index (χ3v) is 3.39. The summed E-state index contributed by atoms with van der Waals surface area (Å²) in [6.45, 7) is 0. The zero-order chi connectivity index (χ0) is 17.9. The van der Waals surface area contributed by atoms with Crippen LogP contribution in [0.3, 0.4) is 0 Å².